The van der Waals surface area contributed by atoms with Crippen LogP contribution in [0.25, 0.3) is 0 Å². The topological polar surface area (TPSA) is 111 Å². The summed E-state index contributed by atoms with van der Waals surface area (Å²) >= 11 is 3.01. The summed E-state index contributed by atoms with van der Waals surface area (Å²) in [6.07, 6.45) is 0.198. The van der Waals surface area contributed by atoms with Gasteiger partial charge in [0.1, 0.15) is 0 Å². The van der Waals surface area contributed by atoms with E-state index in [2.05, 4.69) is 15.9 Å². The summed E-state index contributed by atoms with van der Waals surface area (Å²) in [6, 6.07) is 0. The van der Waals surface area contributed by atoms with Crippen LogP contribution >= 0.6 is 15.9 Å². The van der Waals surface area contributed by atoms with E-state index in [9.17, 15) is 20.0 Å². The van der Waals surface area contributed by atoms with Crippen LogP contribution in [0.15, 0.2) is 15.5 Å². The Labute approximate surface area is 105 Å². The molecule has 94 valence electrons. The van der Waals surface area contributed by atoms with Gasteiger partial charge in [-0.25, -0.2) is 0 Å². The number of hydrogen-bond donors (Lipinski definition) is 2. The predicted molar refractivity (Wildman–Crippen MR) is 64.9 cm³/mol. The summed E-state index contributed by atoms with van der Waals surface area (Å²) in [5.41, 5.74) is 4.88. The summed E-state index contributed by atoms with van der Waals surface area (Å²) in [6.45, 7) is 1.38. The van der Waals surface area contributed by atoms with Gasteiger partial charge in [0.2, 0.25) is 0 Å². The minimum absolute atomic E-state index is 0.0221. The van der Waals surface area contributed by atoms with Crippen LogP contribution in [-0.2, 0) is 6.54 Å². The largest absolute Gasteiger partial charge is 0.390 e. The van der Waals surface area contributed by atoms with Crippen molar-refractivity contribution in [1.82, 2.24) is 4.57 Å². The van der Waals surface area contributed by atoms with Crippen LogP contribution in [-0.4, -0.2) is 27.2 Å². The molecule has 0 bridgehead atoms. The first-order valence-electron chi connectivity index (χ1n) is 4.80. The Morgan fingerprint density at radius 3 is 2.76 bits per heavy atom. The summed E-state index contributed by atoms with van der Waals surface area (Å²) < 4.78 is 1.20. The van der Waals surface area contributed by atoms with Gasteiger partial charge in [0.05, 0.1) is 28.2 Å². The van der Waals surface area contributed by atoms with Gasteiger partial charge in [0.15, 0.2) is 0 Å². The molecule has 0 fully saturated rings. The zero-order valence-corrected chi connectivity index (χ0v) is 10.7. The van der Waals surface area contributed by atoms with Crippen molar-refractivity contribution < 1.29 is 10.0 Å². The summed E-state index contributed by atoms with van der Waals surface area (Å²) in [7, 11) is 0. The van der Waals surface area contributed by atoms with Gasteiger partial charge in [-0.05, 0) is 22.9 Å². The quantitative estimate of drug-likeness (QED) is 0.607. The molecular formula is C9H12BrN3O4. The smallest absolute Gasteiger partial charge is 0.289 e. The molecule has 1 atom stereocenters. The second kappa shape index (κ2) is 5.39. The normalized spacial score (nSPS) is 12.5. The number of nitro groups is 1. The maximum absolute atomic E-state index is 11.8. The Hall–Kier alpha value is -1.25. The van der Waals surface area contributed by atoms with Crippen molar-refractivity contribution in [2.24, 2.45) is 5.73 Å². The van der Waals surface area contributed by atoms with Gasteiger partial charge in [0.25, 0.3) is 11.2 Å². The molecule has 0 aliphatic heterocycles. The van der Waals surface area contributed by atoms with Gasteiger partial charge in [-0.15, -0.1) is 0 Å². The van der Waals surface area contributed by atoms with E-state index in [1.807, 2.05) is 0 Å². The summed E-state index contributed by atoms with van der Waals surface area (Å²) in [5.74, 6) is 0. The lowest BCUT2D eigenvalue weighted by molar-refractivity contribution is -0.386. The molecule has 0 aromatic carbocycles. The first kappa shape index (κ1) is 13.8. The van der Waals surface area contributed by atoms with Crippen molar-refractivity contribution in [2.75, 3.05) is 6.54 Å². The minimum Gasteiger partial charge on any atom is -0.390 e. The van der Waals surface area contributed by atoms with Crippen LogP contribution in [0.5, 0.6) is 0 Å². The molecule has 0 aliphatic rings. The number of rotatable bonds is 4. The molecule has 0 radical (unpaired) electrons. The fourth-order valence-electron chi connectivity index (χ4n) is 1.32. The molecule has 0 amide bonds. The zero-order valence-electron chi connectivity index (χ0n) is 9.09. The van der Waals surface area contributed by atoms with E-state index in [0.717, 1.165) is 10.8 Å². The van der Waals surface area contributed by atoms with Crippen molar-refractivity contribution in [3.63, 3.8) is 0 Å². The van der Waals surface area contributed by atoms with E-state index >= 15 is 0 Å². The van der Waals surface area contributed by atoms with Gasteiger partial charge in [-0.3, -0.25) is 14.9 Å². The number of aliphatic hydroxyl groups is 1. The molecule has 8 heteroatoms. The zero-order chi connectivity index (χ0) is 13.2. The van der Waals surface area contributed by atoms with E-state index in [0.29, 0.717) is 0 Å². The van der Waals surface area contributed by atoms with Crippen molar-refractivity contribution in [2.45, 2.75) is 19.6 Å². The third-order valence-corrected chi connectivity index (χ3v) is 3.25. The summed E-state index contributed by atoms with van der Waals surface area (Å²) in [4.78, 5) is 22.0. The van der Waals surface area contributed by atoms with Gasteiger partial charge in [0, 0.05) is 12.1 Å². The molecule has 1 aromatic rings. The molecule has 0 spiro atoms. The average molecular weight is 306 g/mol. The second-order valence-corrected chi connectivity index (χ2v) is 4.35. The van der Waals surface area contributed by atoms with Gasteiger partial charge in [-0.2, -0.15) is 0 Å². The first-order chi connectivity index (χ1) is 7.88. The number of halogens is 1. The van der Waals surface area contributed by atoms with Crippen LogP contribution in [0.1, 0.15) is 5.56 Å². The van der Waals surface area contributed by atoms with E-state index in [4.69, 9.17) is 5.73 Å². The van der Waals surface area contributed by atoms with E-state index < -0.39 is 16.6 Å². The maximum Gasteiger partial charge on any atom is 0.289 e. The molecule has 7 nitrogen and oxygen atoms in total. The van der Waals surface area contributed by atoms with E-state index in [-0.39, 0.29) is 28.8 Å². The van der Waals surface area contributed by atoms with Gasteiger partial charge >= 0.3 is 0 Å². The minimum atomic E-state index is -0.915. The standard InChI is InChI=1S/C9H12BrN3O4/c1-5-7(13(16)17)4-12(3-6(14)2-11)9(15)8(5)10/h4,6,14H,2-3,11H2,1H3. The SMILES string of the molecule is Cc1c([N+](=O)[O-])cn(CC(O)CN)c(=O)c1Br. The monoisotopic (exact) mass is 305 g/mol. The fraction of sp³-hybridized carbons (Fsp3) is 0.444. The number of hydrogen-bond acceptors (Lipinski definition) is 5. The van der Waals surface area contributed by atoms with Crippen molar-refractivity contribution in [1.29, 1.82) is 0 Å². The van der Waals surface area contributed by atoms with Crippen LogP contribution in [0, 0.1) is 17.0 Å². The van der Waals surface area contributed by atoms with E-state index in [1.54, 1.807) is 0 Å². The lowest BCUT2D eigenvalue weighted by Crippen LogP contribution is -2.31. The molecule has 3 N–H and O–H groups in total. The highest BCUT2D eigenvalue weighted by Crippen LogP contribution is 2.22. The molecule has 1 heterocycles. The predicted octanol–water partition coefficient (Wildman–Crippen LogP) is 0.147. The molecule has 0 saturated carbocycles. The highest BCUT2D eigenvalue weighted by Gasteiger charge is 2.19. The molecule has 0 aliphatic carbocycles. The fourth-order valence-corrected chi connectivity index (χ4v) is 1.75. The van der Waals surface area contributed by atoms with Crippen LogP contribution in [0.4, 0.5) is 5.69 Å². The van der Waals surface area contributed by atoms with Crippen LogP contribution < -0.4 is 11.3 Å². The number of pyridine rings is 1. The highest BCUT2D eigenvalue weighted by molar-refractivity contribution is 9.10. The number of nitrogens with zero attached hydrogens (tertiary/aromatic N) is 2. The summed E-state index contributed by atoms with van der Waals surface area (Å²) in [5, 5.41) is 20.1. The van der Waals surface area contributed by atoms with Crippen molar-refractivity contribution in [3.05, 3.63) is 36.7 Å². The number of nitrogens with two attached hydrogens (primary N) is 1. The third-order valence-electron chi connectivity index (χ3n) is 2.32. The van der Waals surface area contributed by atoms with Crippen LogP contribution in [0.2, 0.25) is 0 Å². The number of aromatic nitrogens is 1. The lowest BCUT2D eigenvalue weighted by atomic mass is 10.2. The average Bonchev–Trinajstić information content (AvgIpc) is 2.29. The molecule has 1 aromatic heterocycles. The molecule has 1 unspecified atom stereocenters. The Balaban J connectivity index is 3.32. The molecular weight excluding hydrogens is 294 g/mol. The lowest BCUT2D eigenvalue weighted by Gasteiger charge is -2.11. The maximum atomic E-state index is 11.8. The van der Waals surface area contributed by atoms with Crippen molar-refractivity contribution in [3.8, 4) is 0 Å². The van der Waals surface area contributed by atoms with Gasteiger partial charge < -0.3 is 15.4 Å². The Bertz CT molecular complexity index is 500. The second-order valence-electron chi connectivity index (χ2n) is 3.56. The van der Waals surface area contributed by atoms with Crippen LogP contribution in [0.3, 0.4) is 0 Å². The molecule has 17 heavy (non-hydrogen) atoms. The Morgan fingerprint density at radius 2 is 2.29 bits per heavy atom. The Morgan fingerprint density at radius 1 is 1.71 bits per heavy atom. The first-order valence-corrected chi connectivity index (χ1v) is 5.59. The Kier molecular flexibility index (Phi) is 4.38. The highest BCUT2D eigenvalue weighted by atomic mass is 79.9. The third kappa shape index (κ3) is 2.90. The number of aliphatic hydroxyl groups excluding tert-OH is 1. The van der Waals surface area contributed by atoms with E-state index in [1.165, 1.54) is 6.92 Å². The molecule has 0 saturated heterocycles. The van der Waals surface area contributed by atoms with Crippen molar-refractivity contribution >= 4 is 21.6 Å². The molecule has 1 rings (SSSR count). The van der Waals surface area contributed by atoms with Gasteiger partial charge in [-0.1, -0.05) is 0 Å².